The summed E-state index contributed by atoms with van der Waals surface area (Å²) in [5.74, 6) is -1.31. The van der Waals surface area contributed by atoms with E-state index in [1.54, 1.807) is 13.8 Å². The second kappa shape index (κ2) is 9.58. The van der Waals surface area contributed by atoms with Gasteiger partial charge in [0.2, 0.25) is 5.91 Å². The van der Waals surface area contributed by atoms with Gasteiger partial charge >= 0.3 is 6.18 Å². The highest BCUT2D eigenvalue weighted by molar-refractivity contribution is 6.05. The molecule has 0 unspecified atom stereocenters. The average molecular weight is 469 g/mol. The van der Waals surface area contributed by atoms with Crippen molar-refractivity contribution in [1.29, 1.82) is 5.26 Å². The van der Waals surface area contributed by atoms with Crippen LogP contribution in [0.5, 0.6) is 0 Å². The molecule has 34 heavy (non-hydrogen) atoms. The van der Waals surface area contributed by atoms with E-state index < -0.39 is 35.7 Å². The summed E-state index contributed by atoms with van der Waals surface area (Å²) in [4.78, 5) is 37.3. The van der Waals surface area contributed by atoms with Crippen molar-refractivity contribution in [2.24, 2.45) is 0 Å². The Kier molecular flexibility index (Phi) is 6.81. The third kappa shape index (κ3) is 5.47. The second-order valence-electron chi connectivity index (χ2n) is 7.32. The van der Waals surface area contributed by atoms with E-state index in [-0.39, 0.29) is 22.5 Å². The van der Waals surface area contributed by atoms with E-state index in [0.717, 1.165) is 16.8 Å². The van der Waals surface area contributed by atoms with Gasteiger partial charge < -0.3 is 10.6 Å². The van der Waals surface area contributed by atoms with Crippen molar-refractivity contribution >= 4 is 23.2 Å². The van der Waals surface area contributed by atoms with Gasteiger partial charge in [-0.3, -0.25) is 14.4 Å². The van der Waals surface area contributed by atoms with Crippen molar-refractivity contribution in [1.82, 2.24) is 9.78 Å². The summed E-state index contributed by atoms with van der Waals surface area (Å²) in [6, 6.07) is 11.7. The molecule has 0 aliphatic heterocycles. The minimum atomic E-state index is -4.55. The van der Waals surface area contributed by atoms with Gasteiger partial charge in [0.05, 0.1) is 11.3 Å². The summed E-state index contributed by atoms with van der Waals surface area (Å²) in [6.07, 6.45) is -4.55. The zero-order valence-corrected chi connectivity index (χ0v) is 18.0. The number of halogens is 3. The molecule has 2 aromatic carbocycles. The number of benzene rings is 2. The molecular weight excluding hydrogens is 451 g/mol. The monoisotopic (exact) mass is 469 g/mol. The quantitative estimate of drug-likeness (QED) is 0.592. The fraction of sp³-hybridized carbons (Fsp3) is 0.174. The molecule has 0 aliphatic carbocycles. The van der Waals surface area contributed by atoms with E-state index in [4.69, 9.17) is 0 Å². The lowest BCUT2D eigenvalue weighted by molar-refractivity contribution is -0.137. The number of nitrogens with zero attached hydrogens (tertiary/aromatic N) is 3. The zero-order valence-electron chi connectivity index (χ0n) is 18.0. The molecule has 0 radical (unpaired) electrons. The van der Waals surface area contributed by atoms with Crippen LogP contribution in [0.25, 0.3) is 0 Å². The van der Waals surface area contributed by atoms with Gasteiger partial charge in [-0.2, -0.15) is 23.5 Å². The fourth-order valence-corrected chi connectivity index (χ4v) is 3.06. The summed E-state index contributed by atoms with van der Waals surface area (Å²) in [5, 5.41) is 18.1. The molecule has 0 atom stereocenters. The van der Waals surface area contributed by atoms with E-state index in [0.29, 0.717) is 11.3 Å². The molecule has 11 heteroatoms. The number of hydrogen-bond donors (Lipinski definition) is 2. The number of carbonyl (C=O) groups is 2. The molecule has 174 valence electrons. The number of hydrogen-bond acceptors (Lipinski definition) is 5. The van der Waals surface area contributed by atoms with Crippen LogP contribution >= 0.6 is 0 Å². The standard InChI is InChI=1S/C23H18F3N5O3/c1-13-14(2)30-31(22(34)19(13)11-27)12-20(32)28-17-7-3-5-15(9-17)21(33)29-18-8-4-6-16(10-18)23(24,25)26/h3-10H,12H2,1-2H3,(H,28,32)(H,29,33). The Morgan fingerprint density at radius 2 is 1.71 bits per heavy atom. The molecular formula is C23H18F3N5O3. The fourth-order valence-electron chi connectivity index (χ4n) is 3.06. The van der Waals surface area contributed by atoms with Crippen LogP contribution in [-0.4, -0.2) is 21.6 Å². The lowest BCUT2D eigenvalue weighted by Gasteiger charge is -2.11. The van der Waals surface area contributed by atoms with Crippen molar-refractivity contribution in [3.05, 3.63) is 86.8 Å². The van der Waals surface area contributed by atoms with Gasteiger partial charge in [0.25, 0.3) is 11.5 Å². The van der Waals surface area contributed by atoms with Gasteiger partial charge in [-0.1, -0.05) is 12.1 Å². The smallest absolute Gasteiger partial charge is 0.324 e. The molecule has 2 N–H and O–H groups in total. The largest absolute Gasteiger partial charge is 0.416 e. The molecule has 0 aliphatic rings. The Balaban J connectivity index is 1.73. The summed E-state index contributed by atoms with van der Waals surface area (Å²) >= 11 is 0. The van der Waals surface area contributed by atoms with E-state index in [9.17, 15) is 32.8 Å². The van der Waals surface area contributed by atoms with Gasteiger partial charge in [-0.05, 0) is 55.8 Å². The summed E-state index contributed by atoms with van der Waals surface area (Å²) in [7, 11) is 0. The van der Waals surface area contributed by atoms with E-state index in [1.165, 1.54) is 36.4 Å². The summed E-state index contributed by atoms with van der Waals surface area (Å²) < 4.78 is 39.5. The number of carbonyl (C=O) groups excluding carboxylic acids is 2. The molecule has 0 saturated heterocycles. The van der Waals surface area contributed by atoms with Crippen LogP contribution in [0.1, 0.15) is 32.7 Å². The number of nitrogens with one attached hydrogen (secondary N) is 2. The number of nitriles is 1. The molecule has 3 aromatic rings. The molecule has 0 fully saturated rings. The molecule has 1 heterocycles. The summed E-state index contributed by atoms with van der Waals surface area (Å²) in [6.45, 7) is 2.73. The highest BCUT2D eigenvalue weighted by Gasteiger charge is 2.30. The van der Waals surface area contributed by atoms with Crippen LogP contribution < -0.4 is 16.2 Å². The minimum absolute atomic E-state index is 0.0391. The third-order valence-corrected chi connectivity index (χ3v) is 4.90. The maximum atomic E-state index is 12.9. The van der Waals surface area contributed by atoms with Crippen molar-refractivity contribution in [3.8, 4) is 6.07 Å². The Bertz CT molecular complexity index is 1370. The topological polar surface area (TPSA) is 117 Å². The van der Waals surface area contributed by atoms with Gasteiger partial charge in [-0.15, -0.1) is 0 Å². The third-order valence-electron chi connectivity index (χ3n) is 4.90. The van der Waals surface area contributed by atoms with Crippen LogP contribution in [-0.2, 0) is 17.5 Å². The van der Waals surface area contributed by atoms with E-state index in [2.05, 4.69) is 15.7 Å². The number of anilines is 2. The molecule has 0 spiro atoms. The van der Waals surface area contributed by atoms with E-state index in [1.807, 2.05) is 6.07 Å². The average Bonchev–Trinajstić information content (AvgIpc) is 2.77. The molecule has 8 nitrogen and oxygen atoms in total. The van der Waals surface area contributed by atoms with Gasteiger partial charge in [0, 0.05) is 16.9 Å². The molecule has 2 amide bonds. The summed E-state index contributed by atoms with van der Waals surface area (Å²) in [5.41, 5.74) is -0.573. The van der Waals surface area contributed by atoms with Crippen molar-refractivity contribution < 1.29 is 22.8 Å². The second-order valence-corrected chi connectivity index (χ2v) is 7.32. The van der Waals surface area contributed by atoms with E-state index >= 15 is 0 Å². The van der Waals surface area contributed by atoms with Crippen LogP contribution in [0.4, 0.5) is 24.5 Å². The first kappa shape index (κ1) is 24.2. The predicted molar refractivity (Wildman–Crippen MR) is 117 cm³/mol. The maximum Gasteiger partial charge on any atom is 0.416 e. The Labute approximate surface area is 191 Å². The molecule has 0 saturated carbocycles. The van der Waals surface area contributed by atoms with Crippen molar-refractivity contribution in [3.63, 3.8) is 0 Å². The lowest BCUT2D eigenvalue weighted by Crippen LogP contribution is -2.32. The van der Waals surface area contributed by atoms with Gasteiger partial charge in [0.1, 0.15) is 18.2 Å². The molecule has 0 bridgehead atoms. The Hall–Kier alpha value is -4.46. The highest BCUT2D eigenvalue weighted by atomic mass is 19.4. The first-order valence-corrected chi connectivity index (χ1v) is 9.86. The van der Waals surface area contributed by atoms with Gasteiger partial charge in [-0.25, -0.2) is 4.68 Å². The van der Waals surface area contributed by atoms with Crippen LogP contribution in [0.15, 0.2) is 53.3 Å². The number of rotatable bonds is 5. The van der Waals surface area contributed by atoms with Gasteiger partial charge in [0.15, 0.2) is 0 Å². The predicted octanol–water partition coefficient (Wildman–Crippen LogP) is 3.64. The van der Waals surface area contributed by atoms with Crippen LogP contribution in [0.2, 0.25) is 0 Å². The van der Waals surface area contributed by atoms with Crippen molar-refractivity contribution in [2.75, 3.05) is 10.6 Å². The molecule has 1 aromatic heterocycles. The lowest BCUT2D eigenvalue weighted by atomic mass is 10.1. The SMILES string of the molecule is Cc1nn(CC(=O)Nc2cccc(C(=O)Nc3cccc(C(F)(F)F)c3)c2)c(=O)c(C#N)c1C. The molecule has 3 rings (SSSR count). The first-order valence-electron chi connectivity index (χ1n) is 9.86. The van der Waals surface area contributed by atoms with Crippen LogP contribution in [0.3, 0.4) is 0 Å². The highest BCUT2D eigenvalue weighted by Crippen LogP contribution is 2.30. The zero-order chi connectivity index (χ0) is 25.0. The minimum Gasteiger partial charge on any atom is -0.324 e. The normalized spacial score (nSPS) is 10.9. The van der Waals surface area contributed by atoms with Crippen molar-refractivity contribution in [2.45, 2.75) is 26.6 Å². The van der Waals surface area contributed by atoms with Crippen LogP contribution in [0, 0.1) is 25.2 Å². The number of alkyl halides is 3. The number of aryl methyl sites for hydroxylation is 1. The number of aromatic nitrogens is 2. The Morgan fingerprint density at radius 1 is 1.06 bits per heavy atom. The maximum absolute atomic E-state index is 12.9. The Morgan fingerprint density at radius 3 is 2.35 bits per heavy atom. The first-order chi connectivity index (χ1) is 16.0. The number of amides is 2.